The Balaban J connectivity index is 2.33. The molecule has 0 fully saturated rings. The number of nitrogens with two attached hydrogens (primary N) is 1. The molecular weight excluding hydrogens is 260 g/mol. The number of anilines is 1. The van der Waals surface area contributed by atoms with E-state index in [1.54, 1.807) is 0 Å². The maximum atomic E-state index is 12.7. The Labute approximate surface area is 126 Å². The molecule has 0 spiro atoms. The summed E-state index contributed by atoms with van der Waals surface area (Å²) in [6.45, 7) is 5.33. The van der Waals surface area contributed by atoms with Gasteiger partial charge in [0.2, 0.25) is 5.91 Å². The molecule has 21 heavy (non-hydrogen) atoms. The second-order valence-electron chi connectivity index (χ2n) is 5.41. The summed E-state index contributed by atoms with van der Waals surface area (Å²) >= 11 is 0. The molecular formula is C18H24N2O. The van der Waals surface area contributed by atoms with E-state index in [9.17, 15) is 4.79 Å². The van der Waals surface area contributed by atoms with Crippen LogP contribution >= 0.6 is 0 Å². The summed E-state index contributed by atoms with van der Waals surface area (Å²) in [4.78, 5) is 14.6. The molecule has 2 aromatic rings. The molecule has 0 saturated carbocycles. The van der Waals surface area contributed by atoms with Crippen LogP contribution in [0.3, 0.4) is 0 Å². The maximum Gasteiger partial charge on any atom is 0.229 e. The summed E-state index contributed by atoms with van der Waals surface area (Å²) < 4.78 is 0. The van der Waals surface area contributed by atoms with Crippen molar-refractivity contribution >= 4 is 22.4 Å². The molecule has 2 rings (SSSR count). The van der Waals surface area contributed by atoms with Gasteiger partial charge in [0, 0.05) is 17.8 Å². The fourth-order valence-electron chi connectivity index (χ4n) is 2.70. The highest BCUT2D eigenvalue weighted by Gasteiger charge is 2.21. The summed E-state index contributed by atoms with van der Waals surface area (Å²) in [5, 5.41) is 2.29. The van der Waals surface area contributed by atoms with Gasteiger partial charge in [-0.2, -0.15) is 0 Å². The van der Waals surface area contributed by atoms with Gasteiger partial charge in [0.15, 0.2) is 0 Å². The van der Waals surface area contributed by atoms with E-state index in [2.05, 4.69) is 18.2 Å². The van der Waals surface area contributed by atoms with Gasteiger partial charge in [0.25, 0.3) is 0 Å². The van der Waals surface area contributed by atoms with Crippen molar-refractivity contribution in [3.63, 3.8) is 0 Å². The molecule has 0 bridgehead atoms. The Morgan fingerprint density at radius 3 is 2.62 bits per heavy atom. The SMILES string of the molecule is CCN(C(=O)C(C)CCCN)c1cccc2ccccc12. The molecule has 0 heterocycles. The molecule has 0 radical (unpaired) electrons. The Morgan fingerprint density at radius 2 is 1.90 bits per heavy atom. The van der Waals surface area contributed by atoms with E-state index >= 15 is 0 Å². The van der Waals surface area contributed by atoms with Crippen LogP contribution in [0.5, 0.6) is 0 Å². The minimum atomic E-state index is 0.00692. The standard InChI is InChI=1S/C18H24N2O/c1-3-20(18(21)14(2)8-7-13-19)17-12-6-10-15-9-4-5-11-16(15)17/h4-6,9-12,14H,3,7-8,13,19H2,1-2H3. The van der Waals surface area contributed by atoms with Crippen molar-refractivity contribution in [1.29, 1.82) is 0 Å². The smallest absolute Gasteiger partial charge is 0.229 e. The molecule has 0 aliphatic carbocycles. The van der Waals surface area contributed by atoms with E-state index in [1.165, 1.54) is 0 Å². The number of hydrogen-bond donors (Lipinski definition) is 1. The van der Waals surface area contributed by atoms with E-state index in [0.29, 0.717) is 13.1 Å². The van der Waals surface area contributed by atoms with Gasteiger partial charge in [-0.25, -0.2) is 0 Å². The molecule has 2 aromatic carbocycles. The number of carbonyl (C=O) groups excluding carboxylic acids is 1. The lowest BCUT2D eigenvalue weighted by atomic mass is 10.0. The number of benzene rings is 2. The quantitative estimate of drug-likeness (QED) is 0.881. The van der Waals surface area contributed by atoms with Crippen molar-refractivity contribution in [2.75, 3.05) is 18.0 Å². The monoisotopic (exact) mass is 284 g/mol. The molecule has 3 nitrogen and oxygen atoms in total. The van der Waals surface area contributed by atoms with Crippen molar-refractivity contribution in [1.82, 2.24) is 0 Å². The first-order valence-corrected chi connectivity index (χ1v) is 7.68. The Hall–Kier alpha value is -1.87. The van der Waals surface area contributed by atoms with E-state index < -0.39 is 0 Å². The normalized spacial score (nSPS) is 12.3. The molecule has 1 amide bonds. The van der Waals surface area contributed by atoms with Crippen LogP contribution in [0.1, 0.15) is 26.7 Å². The third kappa shape index (κ3) is 3.42. The number of carbonyl (C=O) groups is 1. The zero-order chi connectivity index (χ0) is 15.2. The van der Waals surface area contributed by atoms with Crippen molar-refractivity contribution in [2.24, 2.45) is 11.7 Å². The molecule has 1 atom stereocenters. The van der Waals surface area contributed by atoms with Gasteiger partial charge in [-0.1, -0.05) is 43.3 Å². The minimum Gasteiger partial charge on any atom is -0.330 e. The van der Waals surface area contributed by atoms with Crippen LogP contribution in [0.15, 0.2) is 42.5 Å². The number of amides is 1. The predicted octanol–water partition coefficient (Wildman–Crippen LogP) is 3.57. The Bertz CT molecular complexity index is 604. The molecule has 112 valence electrons. The highest BCUT2D eigenvalue weighted by atomic mass is 16.2. The van der Waals surface area contributed by atoms with Crippen LogP contribution in [0, 0.1) is 5.92 Å². The van der Waals surface area contributed by atoms with E-state index in [4.69, 9.17) is 5.73 Å². The van der Waals surface area contributed by atoms with Gasteiger partial charge in [0.05, 0.1) is 5.69 Å². The maximum absolute atomic E-state index is 12.7. The lowest BCUT2D eigenvalue weighted by molar-refractivity contribution is -0.122. The van der Waals surface area contributed by atoms with Crippen LogP contribution in [0.25, 0.3) is 10.8 Å². The van der Waals surface area contributed by atoms with Gasteiger partial charge in [-0.05, 0) is 37.8 Å². The third-order valence-electron chi connectivity index (χ3n) is 3.90. The van der Waals surface area contributed by atoms with Crippen molar-refractivity contribution < 1.29 is 4.79 Å². The van der Waals surface area contributed by atoms with Crippen molar-refractivity contribution in [2.45, 2.75) is 26.7 Å². The summed E-state index contributed by atoms with van der Waals surface area (Å²) in [6.07, 6.45) is 1.73. The highest BCUT2D eigenvalue weighted by Crippen LogP contribution is 2.28. The highest BCUT2D eigenvalue weighted by molar-refractivity contribution is 6.04. The van der Waals surface area contributed by atoms with Crippen LogP contribution in [-0.2, 0) is 4.79 Å². The molecule has 0 aliphatic rings. The molecule has 0 aliphatic heterocycles. The summed E-state index contributed by atoms with van der Waals surface area (Å²) in [5.74, 6) is 0.190. The molecule has 2 N–H and O–H groups in total. The van der Waals surface area contributed by atoms with E-state index in [1.807, 2.05) is 43.0 Å². The second kappa shape index (κ2) is 7.23. The zero-order valence-corrected chi connectivity index (χ0v) is 12.9. The topological polar surface area (TPSA) is 46.3 Å². The zero-order valence-electron chi connectivity index (χ0n) is 12.9. The molecule has 1 unspecified atom stereocenters. The van der Waals surface area contributed by atoms with Gasteiger partial charge in [-0.3, -0.25) is 4.79 Å². The lowest BCUT2D eigenvalue weighted by Crippen LogP contribution is -2.35. The summed E-state index contributed by atoms with van der Waals surface area (Å²) in [6, 6.07) is 14.3. The van der Waals surface area contributed by atoms with Gasteiger partial charge in [0.1, 0.15) is 0 Å². The van der Waals surface area contributed by atoms with Crippen molar-refractivity contribution in [3.8, 4) is 0 Å². The largest absolute Gasteiger partial charge is 0.330 e. The van der Waals surface area contributed by atoms with Gasteiger partial charge in [-0.15, -0.1) is 0 Å². The fraction of sp³-hybridized carbons (Fsp3) is 0.389. The molecule has 0 aromatic heterocycles. The second-order valence-corrected chi connectivity index (χ2v) is 5.41. The van der Waals surface area contributed by atoms with E-state index in [-0.39, 0.29) is 11.8 Å². The van der Waals surface area contributed by atoms with Crippen LogP contribution in [0.2, 0.25) is 0 Å². The summed E-state index contributed by atoms with van der Waals surface area (Å²) in [7, 11) is 0. The fourth-order valence-corrected chi connectivity index (χ4v) is 2.70. The average Bonchev–Trinajstić information content (AvgIpc) is 2.53. The molecule has 0 saturated heterocycles. The Morgan fingerprint density at radius 1 is 1.19 bits per heavy atom. The minimum absolute atomic E-state index is 0.00692. The number of rotatable bonds is 6. The third-order valence-corrected chi connectivity index (χ3v) is 3.90. The number of fused-ring (bicyclic) bond motifs is 1. The average molecular weight is 284 g/mol. The molecule has 3 heteroatoms. The summed E-state index contributed by atoms with van der Waals surface area (Å²) in [5.41, 5.74) is 6.55. The number of hydrogen-bond acceptors (Lipinski definition) is 2. The van der Waals surface area contributed by atoms with Crippen LogP contribution in [-0.4, -0.2) is 19.0 Å². The first-order chi connectivity index (χ1) is 10.2. The van der Waals surface area contributed by atoms with Crippen LogP contribution in [0.4, 0.5) is 5.69 Å². The van der Waals surface area contributed by atoms with Crippen molar-refractivity contribution in [3.05, 3.63) is 42.5 Å². The van der Waals surface area contributed by atoms with Crippen LogP contribution < -0.4 is 10.6 Å². The van der Waals surface area contributed by atoms with Gasteiger partial charge < -0.3 is 10.6 Å². The van der Waals surface area contributed by atoms with Gasteiger partial charge >= 0.3 is 0 Å². The number of nitrogens with zero attached hydrogens (tertiary/aromatic N) is 1. The Kier molecular flexibility index (Phi) is 5.34. The lowest BCUT2D eigenvalue weighted by Gasteiger charge is -2.26. The van der Waals surface area contributed by atoms with E-state index in [0.717, 1.165) is 29.3 Å². The first kappa shape index (κ1) is 15.5. The predicted molar refractivity (Wildman–Crippen MR) is 89.4 cm³/mol. The first-order valence-electron chi connectivity index (χ1n) is 7.68.